The average molecular weight is 261 g/mol. The molecule has 0 aromatic carbocycles. The van der Waals surface area contributed by atoms with E-state index in [1.807, 2.05) is 13.8 Å². The first kappa shape index (κ1) is 13.2. The SMILES string of the molecule is CCCNC(c1ccsc1)c1cc(C)nnc1C. The van der Waals surface area contributed by atoms with Gasteiger partial charge in [0.1, 0.15) is 0 Å². The van der Waals surface area contributed by atoms with Crippen LogP contribution in [0.3, 0.4) is 0 Å². The highest BCUT2D eigenvalue weighted by Crippen LogP contribution is 2.25. The maximum Gasteiger partial charge on any atom is 0.0651 e. The molecule has 1 unspecified atom stereocenters. The maximum absolute atomic E-state index is 4.23. The van der Waals surface area contributed by atoms with E-state index >= 15 is 0 Å². The van der Waals surface area contributed by atoms with Crippen molar-refractivity contribution in [2.45, 2.75) is 33.2 Å². The van der Waals surface area contributed by atoms with Gasteiger partial charge < -0.3 is 5.32 Å². The third kappa shape index (κ3) is 2.94. The summed E-state index contributed by atoms with van der Waals surface area (Å²) in [6.07, 6.45) is 1.12. The van der Waals surface area contributed by atoms with Crippen molar-refractivity contribution in [3.05, 3.63) is 45.4 Å². The van der Waals surface area contributed by atoms with E-state index < -0.39 is 0 Å². The van der Waals surface area contributed by atoms with Crippen molar-refractivity contribution in [2.24, 2.45) is 0 Å². The number of aryl methyl sites for hydroxylation is 2. The van der Waals surface area contributed by atoms with Gasteiger partial charge in [0.2, 0.25) is 0 Å². The predicted molar refractivity (Wildman–Crippen MR) is 76.0 cm³/mol. The highest BCUT2D eigenvalue weighted by molar-refractivity contribution is 7.08. The quantitative estimate of drug-likeness (QED) is 0.898. The third-order valence-electron chi connectivity index (χ3n) is 2.93. The van der Waals surface area contributed by atoms with Crippen molar-refractivity contribution < 1.29 is 0 Å². The Morgan fingerprint density at radius 1 is 1.33 bits per heavy atom. The Balaban J connectivity index is 2.36. The van der Waals surface area contributed by atoms with Gasteiger partial charge in [0.05, 0.1) is 17.4 Å². The summed E-state index contributed by atoms with van der Waals surface area (Å²) < 4.78 is 0. The first-order valence-corrected chi connectivity index (χ1v) is 7.23. The van der Waals surface area contributed by atoms with Crippen LogP contribution in [0, 0.1) is 13.8 Å². The van der Waals surface area contributed by atoms with Gasteiger partial charge in [0.15, 0.2) is 0 Å². The molecule has 18 heavy (non-hydrogen) atoms. The Morgan fingerprint density at radius 3 is 2.83 bits per heavy atom. The Labute approximate surface area is 112 Å². The van der Waals surface area contributed by atoms with Gasteiger partial charge in [0.25, 0.3) is 0 Å². The van der Waals surface area contributed by atoms with Crippen LogP contribution in [0.25, 0.3) is 0 Å². The topological polar surface area (TPSA) is 37.8 Å². The van der Waals surface area contributed by atoms with Crippen molar-refractivity contribution >= 4 is 11.3 Å². The molecule has 4 heteroatoms. The van der Waals surface area contributed by atoms with Crippen LogP contribution in [-0.2, 0) is 0 Å². The molecule has 0 aliphatic carbocycles. The smallest absolute Gasteiger partial charge is 0.0651 e. The summed E-state index contributed by atoms with van der Waals surface area (Å²) in [4.78, 5) is 0. The van der Waals surface area contributed by atoms with Crippen molar-refractivity contribution in [1.29, 1.82) is 0 Å². The summed E-state index contributed by atoms with van der Waals surface area (Å²) in [7, 11) is 0. The summed E-state index contributed by atoms with van der Waals surface area (Å²) >= 11 is 1.73. The molecular weight excluding hydrogens is 242 g/mol. The zero-order valence-corrected chi connectivity index (χ0v) is 11.9. The molecule has 2 rings (SSSR count). The Bertz CT molecular complexity index is 494. The molecule has 0 aliphatic rings. The van der Waals surface area contributed by atoms with Gasteiger partial charge in [-0.15, -0.1) is 0 Å². The van der Waals surface area contributed by atoms with Crippen LogP contribution >= 0.6 is 11.3 Å². The minimum Gasteiger partial charge on any atom is -0.306 e. The third-order valence-corrected chi connectivity index (χ3v) is 3.63. The van der Waals surface area contributed by atoms with E-state index in [-0.39, 0.29) is 6.04 Å². The number of aromatic nitrogens is 2. The van der Waals surface area contributed by atoms with Crippen molar-refractivity contribution in [1.82, 2.24) is 15.5 Å². The Kier molecular flexibility index (Phi) is 4.44. The lowest BCUT2D eigenvalue weighted by molar-refractivity contribution is 0.592. The van der Waals surface area contributed by atoms with Gasteiger partial charge >= 0.3 is 0 Å². The number of thiophene rings is 1. The normalized spacial score (nSPS) is 12.6. The van der Waals surface area contributed by atoms with Crippen molar-refractivity contribution in [3.63, 3.8) is 0 Å². The van der Waals surface area contributed by atoms with Crippen molar-refractivity contribution in [2.75, 3.05) is 6.54 Å². The molecule has 0 spiro atoms. The summed E-state index contributed by atoms with van der Waals surface area (Å²) in [5.41, 5.74) is 4.51. The highest BCUT2D eigenvalue weighted by atomic mass is 32.1. The van der Waals surface area contributed by atoms with Crippen LogP contribution in [0.15, 0.2) is 22.9 Å². The second kappa shape index (κ2) is 6.07. The second-order valence-electron chi connectivity index (χ2n) is 4.47. The number of hydrogen-bond donors (Lipinski definition) is 1. The molecule has 3 nitrogen and oxygen atoms in total. The number of rotatable bonds is 5. The van der Waals surface area contributed by atoms with Crippen LogP contribution in [-0.4, -0.2) is 16.7 Å². The molecule has 1 atom stereocenters. The molecule has 0 radical (unpaired) electrons. The first-order chi connectivity index (χ1) is 8.72. The summed E-state index contributed by atoms with van der Waals surface area (Å²) in [6.45, 7) is 7.19. The molecule has 1 N–H and O–H groups in total. The first-order valence-electron chi connectivity index (χ1n) is 6.28. The summed E-state index contributed by atoms with van der Waals surface area (Å²) in [6, 6.07) is 4.53. The summed E-state index contributed by atoms with van der Waals surface area (Å²) in [5.74, 6) is 0. The van der Waals surface area contributed by atoms with Crippen LogP contribution in [0.2, 0.25) is 0 Å². The van der Waals surface area contributed by atoms with Gasteiger partial charge in [-0.2, -0.15) is 21.5 Å². The van der Waals surface area contributed by atoms with E-state index in [2.05, 4.69) is 45.3 Å². The van der Waals surface area contributed by atoms with E-state index in [0.29, 0.717) is 0 Å². The lowest BCUT2D eigenvalue weighted by atomic mass is 10.00. The standard InChI is InChI=1S/C14H19N3S/c1-4-6-15-14(12-5-7-18-9-12)13-8-10(2)16-17-11(13)3/h5,7-9,14-15H,4,6H2,1-3H3. The van der Waals surface area contributed by atoms with Crippen LogP contribution < -0.4 is 5.32 Å². The molecule has 96 valence electrons. The van der Waals surface area contributed by atoms with Crippen LogP contribution in [0.5, 0.6) is 0 Å². The lowest BCUT2D eigenvalue weighted by Gasteiger charge is -2.19. The molecule has 2 aromatic heterocycles. The number of hydrogen-bond acceptors (Lipinski definition) is 4. The minimum absolute atomic E-state index is 0.227. The van der Waals surface area contributed by atoms with Gasteiger partial charge in [-0.25, -0.2) is 0 Å². The lowest BCUT2D eigenvalue weighted by Crippen LogP contribution is -2.24. The molecule has 0 amide bonds. The monoisotopic (exact) mass is 261 g/mol. The average Bonchev–Trinajstić information content (AvgIpc) is 2.88. The second-order valence-corrected chi connectivity index (χ2v) is 5.25. The molecule has 0 aliphatic heterocycles. The highest BCUT2D eigenvalue weighted by Gasteiger charge is 2.17. The van der Waals surface area contributed by atoms with Crippen LogP contribution in [0.4, 0.5) is 0 Å². The fourth-order valence-electron chi connectivity index (χ4n) is 2.00. The van der Waals surface area contributed by atoms with E-state index in [0.717, 1.165) is 24.4 Å². The molecule has 0 saturated carbocycles. The van der Waals surface area contributed by atoms with E-state index in [4.69, 9.17) is 0 Å². The Morgan fingerprint density at radius 2 is 2.17 bits per heavy atom. The van der Waals surface area contributed by atoms with Crippen molar-refractivity contribution in [3.8, 4) is 0 Å². The van der Waals surface area contributed by atoms with E-state index in [9.17, 15) is 0 Å². The molecule has 0 bridgehead atoms. The van der Waals surface area contributed by atoms with Gasteiger partial charge in [-0.05, 0) is 60.8 Å². The van der Waals surface area contributed by atoms with E-state index in [1.165, 1.54) is 11.1 Å². The predicted octanol–water partition coefficient (Wildman–Crippen LogP) is 3.24. The molecule has 2 heterocycles. The largest absolute Gasteiger partial charge is 0.306 e. The van der Waals surface area contributed by atoms with E-state index in [1.54, 1.807) is 11.3 Å². The van der Waals surface area contributed by atoms with Gasteiger partial charge in [-0.1, -0.05) is 6.92 Å². The zero-order chi connectivity index (χ0) is 13.0. The molecule has 0 fully saturated rings. The maximum atomic E-state index is 4.23. The number of nitrogens with zero attached hydrogens (tertiary/aromatic N) is 2. The van der Waals surface area contributed by atoms with Crippen LogP contribution in [0.1, 0.15) is 41.9 Å². The Hall–Kier alpha value is -1.26. The summed E-state index contributed by atoms with van der Waals surface area (Å²) in [5, 5.41) is 16.2. The van der Waals surface area contributed by atoms with Gasteiger partial charge in [0, 0.05) is 0 Å². The molecule has 2 aromatic rings. The number of nitrogens with one attached hydrogen (secondary N) is 1. The molecular formula is C14H19N3S. The zero-order valence-electron chi connectivity index (χ0n) is 11.1. The van der Waals surface area contributed by atoms with Gasteiger partial charge in [-0.3, -0.25) is 0 Å². The fraction of sp³-hybridized carbons (Fsp3) is 0.429. The minimum atomic E-state index is 0.227. The molecule has 0 saturated heterocycles. The fourth-order valence-corrected chi connectivity index (χ4v) is 2.68.